The van der Waals surface area contributed by atoms with Crippen LogP contribution in [0.2, 0.25) is 0 Å². The number of anilines is 2. The molecule has 1 aliphatic rings. The van der Waals surface area contributed by atoms with Crippen LogP contribution in [0.25, 0.3) is 11.7 Å². The van der Waals surface area contributed by atoms with Gasteiger partial charge in [-0.05, 0) is 37.1 Å². The SMILES string of the molecule is N#Cc1cccc(Nc2nc(=NC3CC3)n3nc/c(=C/c4[nH]c(=O)[nH]c4O)c3n2)c1. The number of rotatable bonds is 4. The van der Waals surface area contributed by atoms with Crippen LogP contribution in [-0.4, -0.2) is 40.7 Å². The molecule has 0 atom stereocenters. The molecule has 4 aromatic rings. The lowest BCUT2D eigenvalue weighted by atomic mass is 10.2. The van der Waals surface area contributed by atoms with Gasteiger partial charge in [0.2, 0.25) is 11.8 Å². The van der Waals surface area contributed by atoms with Gasteiger partial charge < -0.3 is 15.4 Å². The number of aromatic nitrogens is 6. The van der Waals surface area contributed by atoms with Crippen LogP contribution in [0, 0.1) is 11.3 Å². The molecule has 0 saturated heterocycles. The summed E-state index contributed by atoms with van der Waals surface area (Å²) in [5.74, 6) is 0.0156. The number of aromatic hydroxyl groups is 1. The minimum Gasteiger partial charge on any atom is -0.493 e. The molecule has 1 saturated carbocycles. The molecule has 0 amide bonds. The van der Waals surface area contributed by atoms with Crippen LogP contribution in [0.5, 0.6) is 5.88 Å². The first-order valence-corrected chi connectivity index (χ1v) is 9.19. The Morgan fingerprint density at radius 3 is 2.93 bits per heavy atom. The molecule has 1 aliphatic carbocycles. The minimum atomic E-state index is -0.519. The molecular formula is C19H15N9O2. The van der Waals surface area contributed by atoms with E-state index in [4.69, 9.17) is 5.26 Å². The van der Waals surface area contributed by atoms with Gasteiger partial charge in [0.05, 0.1) is 23.9 Å². The first kappa shape index (κ1) is 17.6. The fraction of sp³-hybridized carbons (Fsp3) is 0.158. The molecule has 148 valence electrons. The van der Waals surface area contributed by atoms with E-state index in [1.54, 1.807) is 36.5 Å². The highest BCUT2D eigenvalue weighted by Crippen LogP contribution is 2.22. The monoisotopic (exact) mass is 401 g/mol. The van der Waals surface area contributed by atoms with Crippen LogP contribution >= 0.6 is 0 Å². The number of hydrogen-bond acceptors (Lipinski definition) is 8. The highest BCUT2D eigenvalue weighted by atomic mass is 16.3. The number of H-pyrrole nitrogens is 2. The molecule has 5 rings (SSSR count). The number of nitrogens with zero attached hydrogens (tertiary/aromatic N) is 6. The van der Waals surface area contributed by atoms with Crippen LogP contribution < -0.4 is 21.8 Å². The normalized spacial score (nSPS) is 14.9. The van der Waals surface area contributed by atoms with Crippen molar-refractivity contribution in [1.29, 1.82) is 5.26 Å². The molecule has 3 heterocycles. The molecule has 0 unspecified atom stereocenters. The fourth-order valence-corrected chi connectivity index (χ4v) is 2.93. The molecule has 30 heavy (non-hydrogen) atoms. The second-order valence-electron chi connectivity index (χ2n) is 6.85. The van der Waals surface area contributed by atoms with E-state index in [1.165, 1.54) is 4.52 Å². The fourth-order valence-electron chi connectivity index (χ4n) is 2.93. The number of aromatic amines is 2. The van der Waals surface area contributed by atoms with Crippen molar-refractivity contribution in [3.63, 3.8) is 0 Å². The summed E-state index contributed by atoms with van der Waals surface area (Å²) < 4.78 is 1.52. The van der Waals surface area contributed by atoms with E-state index in [-0.39, 0.29) is 17.6 Å². The Morgan fingerprint density at radius 1 is 1.33 bits per heavy atom. The molecule has 11 heteroatoms. The van der Waals surface area contributed by atoms with Gasteiger partial charge in [0.1, 0.15) is 5.69 Å². The van der Waals surface area contributed by atoms with Gasteiger partial charge in [0.25, 0.3) is 5.62 Å². The van der Waals surface area contributed by atoms with E-state index < -0.39 is 5.69 Å². The zero-order chi connectivity index (χ0) is 20.7. The number of nitrogens with one attached hydrogen (secondary N) is 3. The Morgan fingerprint density at radius 2 is 2.20 bits per heavy atom. The third-order valence-corrected chi connectivity index (χ3v) is 4.51. The Kier molecular flexibility index (Phi) is 4.03. The van der Waals surface area contributed by atoms with Gasteiger partial charge in [-0.15, -0.1) is 0 Å². The number of benzene rings is 1. The average Bonchev–Trinajstić information content (AvgIpc) is 3.37. The van der Waals surface area contributed by atoms with Crippen molar-refractivity contribution in [2.75, 3.05) is 5.32 Å². The van der Waals surface area contributed by atoms with Crippen molar-refractivity contribution in [3.8, 4) is 11.9 Å². The summed E-state index contributed by atoms with van der Waals surface area (Å²) in [6, 6.07) is 9.26. The Bertz CT molecular complexity index is 1480. The van der Waals surface area contributed by atoms with Crippen molar-refractivity contribution in [2.45, 2.75) is 18.9 Å². The molecular weight excluding hydrogens is 386 g/mol. The maximum Gasteiger partial charge on any atom is 0.326 e. The summed E-state index contributed by atoms with van der Waals surface area (Å²) in [4.78, 5) is 29.8. The zero-order valence-electron chi connectivity index (χ0n) is 15.5. The topological polar surface area (TPSA) is 160 Å². The number of fused-ring (bicyclic) bond motifs is 1. The maximum atomic E-state index is 11.4. The first-order valence-electron chi connectivity index (χ1n) is 9.19. The smallest absolute Gasteiger partial charge is 0.326 e. The maximum absolute atomic E-state index is 11.4. The predicted octanol–water partition coefficient (Wildman–Crippen LogP) is 0.0724. The van der Waals surface area contributed by atoms with E-state index in [2.05, 4.69) is 41.4 Å². The third kappa shape index (κ3) is 3.37. The van der Waals surface area contributed by atoms with Crippen molar-refractivity contribution >= 4 is 23.4 Å². The molecule has 0 aliphatic heterocycles. The molecule has 4 N–H and O–H groups in total. The molecule has 0 spiro atoms. The summed E-state index contributed by atoms with van der Waals surface area (Å²) in [5.41, 5.74) is 1.71. The van der Waals surface area contributed by atoms with Crippen LogP contribution in [0.3, 0.4) is 0 Å². The summed E-state index contributed by atoms with van der Waals surface area (Å²) in [7, 11) is 0. The van der Waals surface area contributed by atoms with Gasteiger partial charge in [-0.25, -0.2) is 9.79 Å². The van der Waals surface area contributed by atoms with Gasteiger partial charge in [-0.2, -0.15) is 24.8 Å². The first-order chi connectivity index (χ1) is 14.6. The van der Waals surface area contributed by atoms with Gasteiger partial charge in [0.15, 0.2) is 5.65 Å². The summed E-state index contributed by atoms with van der Waals surface area (Å²) in [6.07, 6.45) is 5.11. The molecule has 1 fully saturated rings. The lowest BCUT2D eigenvalue weighted by molar-refractivity contribution is 0.454. The number of imidazole rings is 1. The standard InChI is InChI=1S/C19H15N9O2/c20-8-10-2-1-3-13(6-10)22-17-25-15-11(7-14-16(29)26-19(30)24-14)9-21-28(15)18(27-17)23-12-4-5-12/h1-3,6-7,9,12,29H,4-5H2,(H,22,23,27)(H2,24,26,30)/b11-7-. The van der Waals surface area contributed by atoms with Crippen LogP contribution in [0.4, 0.5) is 11.6 Å². The molecule has 11 nitrogen and oxygen atoms in total. The van der Waals surface area contributed by atoms with E-state index in [0.29, 0.717) is 33.7 Å². The van der Waals surface area contributed by atoms with Crippen LogP contribution in [-0.2, 0) is 0 Å². The van der Waals surface area contributed by atoms with Crippen molar-refractivity contribution < 1.29 is 5.11 Å². The zero-order valence-corrected chi connectivity index (χ0v) is 15.5. The highest BCUT2D eigenvalue weighted by molar-refractivity contribution is 5.60. The minimum absolute atomic E-state index is 0.208. The van der Waals surface area contributed by atoms with Crippen molar-refractivity contribution in [1.82, 2.24) is 29.5 Å². The predicted molar refractivity (Wildman–Crippen MR) is 106 cm³/mol. The lowest BCUT2D eigenvalue weighted by Crippen LogP contribution is -2.24. The lowest BCUT2D eigenvalue weighted by Gasteiger charge is -2.05. The molecule has 0 radical (unpaired) electrons. The van der Waals surface area contributed by atoms with Crippen molar-refractivity contribution in [2.24, 2.45) is 4.99 Å². The second-order valence-corrected chi connectivity index (χ2v) is 6.85. The summed E-state index contributed by atoms with van der Waals surface area (Å²) in [6.45, 7) is 0. The number of hydrogen-bond donors (Lipinski definition) is 4. The Hall–Kier alpha value is -4.46. The Balaban J connectivity index is 1.67. The van der Waals surface area contributed by atoms with Crippen molar-refractivity contribution in [3.05, 3.63) is 63.0 Å². The number of nitriles is 1. The van der Waals surface area contributed by atoms with Gasteiger partial charge in [-0.1, -0.05) is 6.07 Å². The van der Waals surface area contributed by atoms with Gasteiger partial charge >= 0.3 is 5.69 Å². The van der Waals surface area contributed by atoms with E-state index in [9.17, 15) is 9.90 Å². The quantitative estimate of drug-likeness (QED) is 0.376. The van der Waals surface area contributed by atoms with E-state index in [1.807, 2.05) is 0 Å². The second kappa shape index (κ2) is 6.85. The summed E-state index contributed by atoms with van der Waals surface area (Å²) >= 11 is 0. The van der Waals surface area contributed by atoms with E-state index in [0.717, 1.165) is 12.8 Å². The van der Waals surface area contributed by atoms with Crippen LogP contribution in [0.1, 0.15) is 24.1 Å². The summed E-state index contributed by atoms with van der Waals surface area (Å²) in [5, 5.41) is 26.9. The largest absolute Gasteiger partial charge is 0.493 e. The van der Waals surface area contributed by atoms with E-state index >= 15 is 0 Å². The average molecular weight is 401 g/mol. The Labute approximate surface area is 168 Å². The van der Waals surface area contributed by atoms with Crippen LogP contribution in [0.15, 0.2) is 40.2 Å². The van der Waals surface area contributed by atoms with Gasteiger partial charge in [0, 0.05) is 10.9 Å². The molecule has 3 aromatic heterocycles. The van der Waals surface area contributed by atoms with Gasteiger partial charge in [-0.3, -0.25) is 4.98 Å². The molecule has 0 bridgehead atoms. The molecule has 1 aromatic carbocycles. The third-order valence-electron chi connectivity index (χ3n) is 4.51. The highest BCUT2D eigenvalue weighted by Gasteiger charge is 2.21.